The van der Waals surface area contributed by atoms with Gasteiger partial charge in [-0.25, -0.2) is 0 Å². The molecule has 0 saturated carbocycles. The molecule has 0 aliphatic carbocycles. The minimum absolute atomic E-state index is 0.164. The van der Waals surface area contributed by atoms with E-state index in [4.69, 9.17) is 8.92 Å². The van der Waals surface area contributed by atoms with Crippen LogP contribution in [0.2, 0.25) is 0 Å². The first kappa shape index (κ1) is 18.9. The molecule has 0 unspecified atom stereocenters. The van der Waals surface area contributed by atoms with Crippen molar-refractivity contribution in [2.75, 3.05) is 26.3 Å². The first-order valence-electron chi connectivity index (χ1n) is 8.76. The third-order valence-electron chi connectivity index (χ3n) is 4.64. The van der Waals surface area contributed by atoms with Crippen molar-refractivity contribution >= 4 is 10.1 Å². The van der Waals surface area contributed by atoms with Gasteiger partial charge in [-0.1, -0.05) is 23.8 Å². The van der Waals surface area contributed by atoms with Crippen LogP contribution in [0.4, 0.5) is 0 Å². The predicted octanol–water partition coefficient (Wildman–Crippen LogP) is 3.21. The summed E-state index contributed by atoms with van der Waals surface area (Å²) < 4.78 is 35.9. The van der Waals surface area contributed by atoms with E-state index in [1.807, 2.05) is 32.9 Å². The van der Waals surface area contributed by atoms with Gasteiger partial charge in [0.1, 0.15) is 10.6 Å². The summed E-state index contributed by atoms with van der Waals surface area (Å²) in [5.74, 6) is 0.383. The number of aryl methyl sites for hydroxylation is 3. The second-order valence-electron chi connectivity index (χ2n) is 6.78. The van der Waals surface area contributed by atoms with Gasteiger partial charge in [-0.2, -0.15) is 8.42 Å². The molecule has 0 amide bonds. The molecule has 1 aliphatic rings. The highest BCUT2D eigenvalue weighted by Crippen LogP contribution is 2.27. The molecule has 2 aromatic rings. The van der Waals surface area contributed by atoms with E-state index in [2.05, 4.69) is 4.90 Å². The van der Waals surface area contributed by atoms with Gasteiger partial charge in [0.2, 0.25) is 0 Å². The van der Waals surface area contributed by atoms with Crippen LogP contribution < -0.4 is 4.18 Å². The SMILES string of the molecule is Cc1ccc(S(=O)(=O)Oc2cc(C)c(CN3CCOCC3)cc2C)cc1. The fourth-order valence-electron chi connectivity index (χ4n) is 2.98. The Labute approximate surface area is 155 Å². The van der Waals surface area contributed by atoms with Crippen LogP contribution >= 0.6 is 0 Å². The molecule has 1 heterocycles. The molecule has 6 heteroatoms. The van der Waals surface area contributed by atoms with Crippen molar-refractivity contribution in [3.05, 3.63) is 58.7 Å². The van der Waals surface area contributed by atoms with E-state index >= 15 is 0 Å². The average molecular weight is 375 g/mol. The lowest BCUT2D eigenvalue weighted by molar-refractivity contribution is 0.0341. The monoisotopic (exact) mass is 375 g/mol. The zero-order valence-corrected chi connectivity index (χ0v) is 16.3. The largest absolute Gasteiger partial charge is 0.379 e. The van der Waals surface area contributed by atoms with Crippen LogP contribution in [0.3, 0.4) is 0 Å². The van der Waals surface area contributed by atoms with Gasteiger partial charge >= 0.3 is 10.1 Å². The van der Waals surface area contributed by atoms with E-state index in [0.29, 0.717) is 5.75 Å². The second-order valence-corrected chi connectivity index (χ2v) is 8.33. The molecule has 1 aliphatic heterocycles. The molecule has 0 bridgehead atoms. The summed E-state index contributed by atoms with van der Waals surface area (Å²) in [7, 11) is -3.84. The van der Waals surface area contributed by atoms with Crippen LogP contribution in [-0.2, 0) is 21.4 Å². The minimum atomic E-state index is -3.84. The molecule has 1 fully saturated rings. The van der Waals surface area contributed by atoms with E-state index in [9.17, 15) is 8.42 Å². The maximum Gasteiger partial charge on any atom is 0.339 e. The van der Waals surface area contributed by atoms with Crippen molar-refractivity contribution in [2.24, 2.45) is 0 Å². The van der Waals surface area contributed by atoms with E-state index in [1.54, 1.807) is 24.3 Å². The summed E-state index contributed by atoms with van der Waals surface area (Å²) in [4.78, 5) is 2.51. The molecule has 0 atom stereocenters. The first-order chi connectivity index (χ1) is 12.3. The molecule has 0 spiro atoms. The third-order valence-corrected chi connectivity index (χ3v) is 5.89. The summed E-state index contributed by atoms with van der Waals surface area (Å²) >= 11 is 0. The van der Waals surface area contributed by atoms with Crippen LogP contribution in [0.15, 0.2) is 41.3 Å². The Hall–Kier alpha value is -1.89. The van der Waals surface area contributed by atoms with Crippen LogP contribution in [0.1, 0.15) is 22.3 Å². The number of rotatable bonds is 5. The molecule has 0 radical (unpaired) electrons. The topological polar surface area (TPSA) is 55.8 Å². The smallest absolute Gasteiger partial charge is 0.339 e. The first-order valence-corrected chi connectivity index (χ1v) is 10.2. The highest BCUT2D eigenvalue weighted by atomic mass is 32.2. The molecule has 3 rings (SSSR count). The van der Waals surface area contributed by atoms with Crippen LogP contribution in [0.25, 0.3) is 0 Å². The lowest BCUT2D eigenvalue weighted by Gasteiger charge is -2.27. The highest BCUT2D eigenvalue weighted by Gasteiger charge is 2.19. The van der Waals surface area contributed by atoms with Crippen LogP contribution in [-0.4, -0.2) is 39.6 Å². The molecule has 1 saturated heterocycles. The van der Waals surface area contributed by atoms with Gasteiger partial charge in [0.05, 0.1) is 13.2 Å². The maximum atomic E-state index is 12.5. The van der Waals surface area contributed by atoms with E-state index < -0.39 is 10.1 Å². The van der Waals surface area contributed by atoms with Crippen molar-refractivity contribution in [2.45, 2.75) is 32.2 Å². The predicted molar refractivity (Wildman–Crippen MR) is 101 cm³/mol. The Morgan fingerprint density at radius 3 is 2.31 bits per heavy atom. The standard InChI is InChI=1S/C20H25NO4S/c1-15-4-6-19(7-5-15)26(22,23)25-20-13-16(2)18(12-17(20)3)14-21-8-10-24-11-9-21/h4-7,12-13H,8-11,14H2,1-3H3. The molecule has 0 aromatic heterocycles. The van der Waals surface area contributed by atoms with Crippen molar-refractivity contribution < 1.29 is 17.3 Å². The van der Waals surface area contributed by atoms with Gasteiger partial charge in [-0.3, -0.25) is 4.90 Å². The summed E-state index contributed by atoms with van der Waals surface area (Å²) in [5, 5.41) is 0. The Kier molecular flexibility index (Phi) is 5.65. The van der Waals surface area contributed by atoms with Gasteiger partial charge < -0.3 is 8.92 Å². The lowest BCUT2D eigenvalue weighted by atomic mass is 10.0. The van der Waals surface area contributed by atoms with Crippen molar-refractivity contribution in [3.8, 4) is 5.75 Å². The van der Waals surface area contributed by atoms with E-state index in [-0.39, 0.29) is 4.90 Å². The van der Waals surface area contributed by atoms with Crippen LogP contribution in [0.5, 0.6) is 5.75 Å². The molecule has 26 heavy (non-hydrogen) atoms. The summed E-state index contributed by atoms with van der Waals surface area (Å²) in [6, 6.07) is 10.5. The second kappa shape index (κ2) is 7.78. The lowest BCUT2D eigenvalue weighted by Crippen LogP contribution is -2.35. The number of morpholine rings is 1. The molecule has 140 valence electrons. The molecule has 5 nitrogen and oxygen atoms in total. The minimum Gasteiger partial charge on any atom is -0.379 e. The molecule has 2 aromatic carbocycles. The van der Waals surface area contributed by atoms with Gasteiger partial charge in [-0.05, 0) is 55.7 Å². The zero-order chi connectivity index (χ0) is 18.7. The molecule has 0 N–H and O–H groups in total. The molecular formula is C20H25NO4S. The number of nitrogens with zero attached hydrogens (tertiary/aromatic N) is 1. The number of benzene rings is 2. The van der Waals surface area contributed by atoms with Crippen molar-refractivity contribution in [1.82, 2.24) is 4.90 Å². The van der Waals surface area contributed by atoms with Crippen LogP contribution in [0, 0.1) is 20.8 Å². The summed E-state index contributed by atoms with van der Waals surface area (Å²) in [5.41, 5.74) is 4.03. The van der Waals surface area contributed by atoms with Gasteiger partial charge in [0, 0.05) is 19.6 Å². The van der Waals surface area contributed by atoms with Crippen molar-refractivity contribution in [1.29, 1.82) is 0 Å². The van der Waals surface area contributed by atoms with E-state index in [1.165, 1.54) is 5.56 Å². The van der Waals surface area contributed by atoms with Gasteiger partial charge in [0.25, 0.3) is 0 Å². The number of ether oxygens (including phenoxy) is 1. The average Bonchev–Trinajstić information content (AvgIpc) is 2.60. The van der Waals surface area contributed by atoms with E-state index in [0.717, 1.165) is 49.5 Å². The Morgan fingerprint density at radius 1 is 1.00 bits per heavy atom. The molecular weight excluding hydrogens is 350 g/mol. The summed E-state index contributed by atoms with van der Waals surface area (Å²) in [6.07, 6.45) is 0. The number of hydrogen-bond acceptors (Lipinski definition) is 5. The van der Waals surface area contributed by atoms with Gasteiger partial charge in [0.15, 0.2) is 0 Å². The Bertz CT molecular complexity index is 869. The van der Waals surface area contributed by atoms with Gasteiger partial charge in [-0.15, -0.1) is 0 Å². The normalized spacial score (nSPS) is 15.8. The third kappa shape index (κ3) is 4.44. The fraction of sp³-hybridized carbons (Fsp3) is 0.400. The van der Waals surface area contributed by atoms with Crippen molar-refractivity contribution in [3.63, 3.8) is 0 Å². The highest BCUT2D eigenvalue weighted by molar-refractivity contribution is 7.87. The Morgan fingerprint density at radius 2 is 1.65 bits per heavy atom. The number of hydrogen-bond donors (Lipinski definition) is 0. The maximum absolute atomic E-state index is 12.5. The Balaban J connectivity index is 1.80. The zero-order valence-electron chi connectivity index (χ0n) is 15.5. The fourth-order valence-corrected chi connectivity index (χ4v) is 3.96. The quantitative estimate of drug-likeness (QED) is 0.751. The summed E-state index contributed by atoms with van der Waals surface area (Å²) in [6.45, 7) is 9.96.